The Kier molecular flexibility index (Phi) is 4.27. The molecule has 0 bridgehead atoms. The van der Waals surface area contributed by atoms with Crippen molar-refractivity contribution in [1.82, 2.24) is 0 Å². The molecule has 100 valence electrons. The molecule has 0 aliphatic carbocycles. The Bertz CT molecular complexity index is 578. The SMILES string of the molecule is CC(C)c1ccccc1NC(=O)Nc1ccc(Br)o1. The van der Waals surface area contributed by atoms with E-state index in [0.717, 1.165) is 11.3 Å². The van der Waals surface area contributed by atoms with Crippen LogP contribution in [0.5, 0.6) is 0 Å². The maximum Gasteiger partial charge on any atom is 0.326 e. The number of nitrogens with one attached hydrogen (secondary N) is 2. The molecule has 2 rings (SSSR count). The molecule has 1 aromatic carbocycles. The van der Waals surface area contributed by atoms with Crippen molar-refractivity contribution in [2.45, 2.75) is 19.8 Å². The van der Waals surface area contributed by atoms with Crippen LogP contribution in [-0.4, -0.2) is 6.03 Å². The molecule has 1 aromatic heterocycles. The highest BCUT2D eigenvalue weighted by molar-refractivity contribution is 9.10. The van der Waals surface area contributed by atoms with Gasteiger partial charge in [0, 0.05) is 11.8 Å². The topological polar surface area (TPSA) is 54.3 Å². The molecular formula is C14H15BrN2O2. The Morgan fingerprint density at radius 2 is 1.89 bits per heavy atom. The second-order valence-electron chi connectivity index (χ2n) is 4.42. The summed E-state index contributed by atoms with van der Waals surface area (Å²) in [7, 11) is 0. The first-order chi connectivity index (χ1) is 9.06. The van der Waals surface area contributed by atoms with E-state index in [1.54, 1.807) is 12.1 Å². The number of benzene rings is 1. The van der Waals surface area contributed by atoms with Crippen molar-refractivity contribution in [2.24, 2.45) is 0 Å². The molecule has 0 atom stereocenters. The summed E-state index contributed by atoms with van der Waals surface area (Å²) in [5.41, 5.74) is 1.90. The Balaban J connectivity index is 2.07. The van der Waals surface area contributed by atoms with Gasteiger partial charge in [0.25, 0.3) is 0 Å². The van der Waals surface area contributed by atoms with Crippen molar-refractivity contribution in [3.63, 3.8) is 0 Å². The summed E-state index contributed by atoms with van der Waals surface area (Å²) in [5, 5.41) is 5.45. The maximum absolute atomic E-state index is 11.9. The Morgan fingerprint density at radius 1 is 1.16 bits per heavy atom. The third-order valence-corrected chi connectivity index (χ3v) is 3.07. The summed E-state index contributed by atoms with van der Waals surface area (Å²) in [6.07, 6.45) is 0. The number of urea groups is 1. The summed E-state index contributed by atoms with van der Waals surface area (Å²) in [4.78, 5) is 11.9. The molecule has 19 heavy (non-hydrogen) atoms. The lowest BCUT2D eigenvalue weighted by atomic mass is 10.0. The van der Waals surface area contributed by atoms with Gasteiger partial charge in [-0.3, -0.25) is 5.32 Å². The molecule has 0 saturated heterocycles. The van der Waals surface area contributed by atoms with E-state index in [0.29, 0.717) is 16.5 Å². The number of furan rings is 1. The minimum absolute atomic E-state index is 0.324. The summed E-state index contributed by atoms with van der Waals surface area (Å²) in [6.45, 7) is 4.17. The summed E-state index contributed by atoms with van der Waals surface area (Å²) in [6, 6.07) is 10.8. The second-order valence-corrected chi connectivity index (χ2v) is 5.21. The number of anilines is 2. The fraction of sp³-hybridized carbons (Fsp3) is 0.214. The van der Waals surface area contributed by atoms with Gasteiger partial charge < -0.3 is 9.73 Å². The fourth-order valence-corrected chi connectivity index (χ4v) is 2.07. The number of para-hydroxylation sites is 1. The molecule has 2 N–H and O–H groups in total. The van der Waals surface area contributed by atoms with Crippen LogP contribution >= 0.6 is 15.9 Å². The van der Waals surface area contributed by atoms with Gasteiger partial charge in [0.05, 0.1) is 0 Å². The van der Waals surface area contributed by atoms with Crippen LogP contribution in [0, 0.1) is 0 Å². The van der Waals surface area contributed by atoms with Crippen LogP contribution < -0.4 is 10.6 Å². The standard InChI is InChI=1S/C14H15BrN2O2/c1-9(2)10-5-3-4-6-11(10)16-14(18)17-13-8-7-12(15)19-13/h3-9H,1-2H3,(H2,16,17,18). The van der Waals surface area contributed by atoms with Gasteiger partial charge in [-0.2, -0.15) is 0 Å². The number of hydrogen-bond donors (Lipinski definition) is 2. The average Bonchev–Trinajstić information content (AvgIpc) is 2.75. The molecule has 0 fully saturated rings. The smallest absolute Gasteiger partial charge is 0.326 e. The highest BCUT2D eigenvalue weighted by Gasteiger charge is 2.10. The average molecular weight is 323 g/mol. The van der Waals surface area contributed by atoms with E-state index >= 15 is 0 Å². The monoisotopic (exact) mass is 322 g/mol. The van der Waals surface area contributed by atoms with E-state index in [-0.39, 0.29) is 6.03 Å². The van der Waals surface area contributed by atoms with Crippen LogP contribution in [0.1, 0.15) is 25.3 Å². The lowest BCUT2D eigenvalue weighted by Gasteiger charge is -2.13. The van der Waals surface area contributed by atoms with Gasteiger partial charge >= 0.3 is 6.03 Å². The van der Waals surface area contributed by atoms with E-state index in [2.05, 4.69) is 40.4 Å². The van der Waals surface area contributed by atoms with Gasteiger partial charge in [-0.25, -0.2) is 4.79 Å². The lowest BCUT2D eigenvalue weighted by molar-refractivity contribution is 0.261. The molecule has 2 amide bonds. The number of halogens is 1. The number of carbonyl (C=O) groups excluding carboxylic acids is 1. The molecule has 0 aliphatic rings. The number of rotatable bonds is 3. The zero-order valence-electron chi connectivity index (χ0n) is 10.7. The second kappa shape index (κ2) is 5.93. The van der Waals surface area contributed by atoms with E-state index in [1.165, 1.54) is 0 Å². The van der Waals surface area contributed by atoms with Crippen molar-refractivity contribution in [1.29, 1.82) is 0 Å². The van der Waals surface area contributed by atoms with E-state index in [1.807, 2.05) is 24.3 Å². The largest absolute Gasteiger partial charge is 0.434 e. The Labute approximate surface area is 120 Å². The highest BCUT2D eigenvalue weighted by atomic mass is 79.9. The van der Waals surface area contributed by atoms with Crippen molar-refractivity contribution in [3.05, 3.63) is 46.6 Å². The maximum atomic E-state index is 11.9. The van der Waals surface area contributed by atoms with Gasteiger partial charge in [-0.1, -0.05) is 32.0 Å². The molecule has 0 aliphatic heterocycles. The molecule has 5 heteroatoms. The first-order valence-electron chi connectivity index (χ1n) is 5.98. The highest BCUT2D eigenvalue weighted by Crippen LogP contribution is 2.24. The van der Waals surface area contributed by atoms with E-state index in [9.17, 15) is 4.79 Å². The quantitative estimate of drug-likeness (QED) is 0.852. The predicted octanol–water partition coefficient (Wildman–Crippen LogP) is 4.81. The molecule has 0 saturated carbocycles. The van der Waals surface area contributed by atoms with Gasteiger partial charge in [0.15, 0.2) is 4.67 Å². The van der Waals surface area contributed by atoms with Crippen LogP contribution in [0.25, 0.3) is 0 Å². The first kappa shape index (κ1) is 13.7. The van der Waals surface area contributed by atoms with Crippen molar-refractivity contribution in [2.75, 3.05) is 10.6 Å². The molecule has 0 radical (unpaired) electrons. The van der Waals surface area contributed by atoms with Crippen molar-refractivity contribution < 1.29 is 9.21 Å². The number of hydrogen-bond acceptors (Lipinski definition) is 2. The number of amides is 2. The first-order valence-corrected chi connectivity index (χ1v) is 6.78. The zero-order chi connectivity index (χ0) is 13.8. The summed E-state index contributed by atoms with van der Waals surface area (Å²) < 4.78 is 5.79. The minimum Gasteiger partial charge on any atom is -0.434 e. The van der Waals surface area contributed by atoms with Gasteiger partial charge in [0.2, 0.25) is 5.88 Å². The van der Waals surface area contributed by atoms with Gasteiger partial charge in [0.1, 0.15) is 0 Å². The van der Waals surface area contributed by atoms with Crippen LogP contribution in [-0.2, 0) is 0 Å². The molecule has 4 nitrogen and oxygen atoms in total. The molecule has 0 unspecified atom stereocenters. The Morgan fingerprint density at radius 3 is 2.53 bits per heavy atom. The molecular weight excluding hydrogens is 308 g/mol. The lowest BCUT2D eigenvalue weighted by Crippen LogP contribution is -2.20. The summed E-state index contributed by atoms with van der Waals surface area (Å²) in [5.74, 6) is 0.737. The van der Waals surface area contributed by atoms with E-state index < -0.39 is 0 Å². The van der Waals surface area contributed by atoms with Gasteiger partial charge in [-0.05, 0) is 39.5 Å². The van der Waals surface area contributed by atoms with Crippen molar-refractivity contribution in [3.8, 4) is 0 Å². The fourth-order valence-electron chi connectivity index (χ4n) is 1.76. The summed E-state index contributed by atoms with van der Waals surface area (Å²) >= 11 is 3.18. The van der Waals surface area contributed by atoms with Crippen LogP contribution in [0.3, 0.4) is 0 Å². The van der Waals surface area contributed by atoms with Crippen LogP contribution in [0.2, 0.25) is 0 Å². The Hall–Kier alpha value is -1.75. The normalized spacial score (nSPS) is 10.5. The number of carbonyl (C=O) groups is 1. The van der Waals surface area contributed by atoms with Crippen molar-refractivity contribution >= 4 is 33.5 Å². The predicted molar refractivity (Wildman–Crippen MR) is 79.6 cm³/mol. The third kappa shape index (κ3) is 3.61. The molecule has 2 aromatic rings. The van der Waals surface area contributed by atoms with Crippen LogP contribution in [0.15, 0.2) is 45.5 Å². The molecule has 1 heterocycles. The molecule has 0 spiro atoms. The van der Waals surface area contributed by atoms with Gasteiger partial charge in [-0.15, -0.1) is 0 Å². The third-order valence-electron chi connectivity index (χ3n) is 2.64. The van der Waals surface area contributed by atoms with Crippen LogP contribution in [0.4, 0.5) is 16.4 Å². The zero-order valence-corrected chi connectivity index (χ0v) is 12.3. The van der Waals surface area contributed by atoms with E-state index in [4.69, 9.17) is 4.42 Å². The minimum atomic E-state index is -0.324.